The molecule has 7 nitrogen and oxygen atoms in total. The van der Waals surface area contributed by atoms with Crippen LogP contribution in [0.3, 0.4) is 0 Å². The molecule has 0 saturated heterocycles. The van der Waals surface area contributed by atoms with Crippen LogP contribution in [0.15, 0.2) is 6.20 Å². The summed E-state index contributed by atoms with van der Waals surface area (Å²) in [5, 5.41) is 13.0. The zero-order valence-corrected chi connectivity index (χ0v) is 10.8. The molecule has 0 aliphatic carbocycles. The average molecular weight is 253 g/mol. The highest BCUT2D eigenvalue weighted by Crippen LogP contribution is 2.00. The molecule has 1 rings (SSSR count). The van der Waals surface area contributed by atoms with Crippen molar-refractivity contribution in [3.05, 3.63) is 11.9 Å². The Morgan fingerprint density at radius 2 is 1.89 bits per heavy atom. The molecule has 1 aromatic heterocycles. The topological polar surface area (TPSA) is 88.9 Å². The Labute approximate surface area is 106 Å². The highest BCUT2D eigenvalue weighted by molar-refractivity contribution is 5.75. The molecule has 100 valence electrons. The Morgan fingerprint density at radius 3 is 2.56 bits per heavy atom. The van der Waals surface area contributed by atoms with Gasteiger partial charge in [0, 0.05) is 46.1 Å². The zero-order valence-electron chi connectivity index (χ0n) is 10.8. The number of hydrogen-bond donors (Lipinski definition) is 2. The largest absolute Gasteiger partial charge is 0.359 e. The minimum atomic E-state index is -0.0100. The summed E-state index contributed by atoms with van der Waals surface area (Å²) >= 11 is 0. The van der Waals surface area contributed by atoms with Crippen molar-refractivity contribution in [2.45, 2.75) is 32.2 Å². The Morgan fingerprint density at radius 1 is 1.22 bits per heavy atom. The number of amides is 2. The van der Waals surface area contributed by atoms with E-state index in [1.165, 1.54) is 0 Å². The summed E-state index contributed by atoms with van der Waals surface area (Å²) in [5.74, 6) is 0.0131. The van der Waals surface area contributed by atoms with Gasteiger partial charge in [0.1, 0.15) is 0 Å². The summed E-state index contributed by atoms with van der Waals surface area (Å²) in [4.78, 5) is 22.1. The minimum absolute atomic E-state index is 0.0100. The van der Waals surface area contributed by atoms with Crippen molar-refractivity contribution in [1.82, 2.24) is 25.6 Å². The van der Waals surface area contributed by atoms with Crippen LogP contribution in [0.4, 0.5) is 0 Å². The van der Waals surface area contributed by atoms with E-state index in [0.717, 1.165) is 12.1 Å². The molecule has 0 aliphatic rings. The normalized spacial score (nSPS) is 10.1. The molecule has 0 atom stereocenters. The second kappa shape index (κ2) is 7.41. The summed E-state index contributed by atoms with van der Waals surface area (Å²) in [5.41, 5.74) is 0.790. The monoisotopic (exact) mass is 253 g/mol. The van der Waals surface area contributed by atoms with Gasteiger partial charge in [-0.25, -0.2) is 0 Å². The summed E-state index contributed by atoms with van der Waals surface area (Å²) in [6.07, 6.45) is 4.00. The highest BCUT2D eigenvalue weighted by atomic mass is 16.2. The van der Waals surface area contributed by atoms with E-state index < -0.39 is 0 Å². The second-order valence-electron chi connectivity index (χ2n) is 3.92. The molecule has 0 saturated carbocycles. The molecule has 1 aromatic rings. The number of hydrogen-bond acceptors (Lipinski definition) is 4. The van der Waals surface area contributed by atoms with Gasteiger partial charge >= 0.3 is 0 Å². The molecule has 0 aromatic carbocycles. The van der Waals surface area contributed by atoms with Crippen LogP contribution in [-0.4, -0.2) is 40.9 Å². The predicted octanol–water partition coefficient (Wildman–Crippen LogP) is -0.517. The Hall–Kier alpha value is -1.92. The fourth-order valence-corrected chi connectivity index (χ4v) is 1.46. The second-order valence-corrected chi connectivity index (χ2v) is 3.92. The fourth-order valence-electron chi connectivity index (χ4n) is 1.46. The lowest BCUT2D eigenvalue weighted by Crippen LogP contribution is -2.18. The smallest absolute Gasteiger partial charge is 0.220 e. The third-order valence-electron chi connectivity index (χ3n) is 2.54. The molecular weight excluding hydrogens is 234 g/mol. The van der Waals surface area contributed by atoms with Crippen LogP contribution < -0.4 is 10.6 Å². The van der Waals surface area contributed by atoms with Crippen molar-refractivity contribution >= 4 is 11.8 Å². The van der Waals surface area contributed by atoms with Gasteiger partial charge in [-0.05, 0) is 6.42 Å². The van der Waals surface area contributed by atoms with E-state index in [4.69, 9.17) is 0 Å². The molecule has 2 N–H and O–H groups in total. The molecule has 0 bridgehead atoms. The van der Waals surface area contributed by atoms with Gasteiger partial charge in [0.15, 0.2) is 0 Å². The van der Waals surface area contributed by atoms with Gasteiger partial charge in [0.2, 0.25) is 11.8 Å². The predicted molar refractivity (Wildman–Crippen MR) is 65.7 cm³/mol. The number of nitrogens with zero attached hydrogens (tertiary/aromatic N) is 3. The zero-order chi connectivity index (χ0) is 13.4. The maximum Gasteiger partial charge on any atom is 0.220 e. The summed E-state index contributed by atoms with van der Waals surface area (Å²) in [6.45, 7) is 0.653. The first-order chi connectivity index (χ1) is 8.65. The van der Waals surface area contributed by atoms with Gasteiger partial charge in [-0.1, -0.05) is 5.21 Å². The Bertz CT molecular complexity index is 402. The van der Waals surface area contributed by atoms with Crippen molar-refractivity contribution in [3.63, 3.8) is 0 Å². The van der Waals surface area contributed by atoms with Crippen molar-refractivity contribution in [2.75, 3.05) is 14.1 Å². The van der Waals surface area contributed by atoms with E-state index in [1.807, 2.05) is 6.20 Å². The number of aryl methyl sites for hydroxylation is 2. The molecule has 0 spiro atoms. The van der Waals surface area contributed by atoms with E-state index in [2.05, 4.69) is 20.9 Å². The van der Waals surface area contributed by atoms with Crippen molar-refractivity contribution < 1.29 is 9.59 Å². The molecule has 1 heterocycles. The molecule has 7 heteroatoms. The molecular formula is C11H19N5O2. The van der Waals surface area contributed by atoms with Gasteiger partial charge < -0.3 is 10.6 Å². The fraction of sp³-hybridized carbons (Fsp3) is 0.636. The summed E-state index contributed by atoms with van der Waals surface area (Å²) in [7, 11) is 3.23. The van der Waals surface area contributed by atoms with E-state index in [9.17, 15) is 9.59 Å². The van der Waals surface area contributed by atoms with Gasteiger partial charge in [-0.15, -0.1) is 5.10 Å². The van der Waals surface area contributed by atoms with E-state index >= 15 is 0 Å². The summed E-state index contributed by atoms with van der Waals surface area (Å²) in [6, 6.07) is 0. The lowest BCUT2D eigenvalue weighted by atomic mass is 10.2. The highest BCUT2D eigenvalue weighted by Gasteiger charge is 2.04. The van der Waals surface area contributed by atoms with E-state index in [1.54, 1.807) is 18.8 Å². The molecule has 0 radical (unpaired) electrons. The first-order valence-electron chi connectivity index (χ1n) is 5.96. The maximum absolute atomic E-state index is 11.1. The van der Waals surface area contributed by atoms with Crippen LogP contribution in [0, 0.1) is 0 Å². The third-order valence-corrected chi connectivity index (χ3v) is 2.54. The lowest BCUT2D eigenvalue weighted by Gasteiger charge is -1.99. The van der Waals surface area contributed by atoms with Crippen LogP contribution in [0.5, 0.6) is 0 Å². The molecule has 0 aliphatic heterocycles. The molecule has 0 fully saturated rings. The van der Waals surface area contributed by atoms with Crippen molar-refractivity contribution in [3.8, 4) is 0 Å². The Kier molecular flexibility index (Phi) is 5.83. The van der Waals surface area contributed by atoms with Crippen molar-refractivity contribution in [2.24, 2.45) is 0 Å². The van der Waals surface area contributed by atoms with Gasteiger partial charge in [0.05, 0.1) is 5.69 Å². The minimum Gasteiger partial charge on any atom is -0.359 e. The first kappa shape index (κ1) is 14.1. The van der Waals surface area contributed by atoms with Crippen LogP contribution in [0.1, 0.15) is 25.0 Å². The SMILES string of the molecule is CNC(=O)CCCn1cc(CCC(=O)NC)nn1. The summed E-state index contributed by atoms with van der Waals surface area (Å²) < 4.78 is 1.70. The number of carbonyl (C=O) groups excluding carboxylic acids is 2. The van der Waals surface area contributed by atoms with E-state index in [0.29, 0.717) is 25.8 Å². The first-order valence-corrected chi connectivity index (χ1v) is 5.96. The van der Waals surface area contributed by atoms with Crippen LogP contribution in [0.25, 0.3) is 0 Å². The van der Waals surface area contributed by atoms with Gasteiger partial charge in [-0.3, -0.25) is 14.3 Å². The standard InChI is InChI=1S/C11H19N5O2/c1-12-10(17)4-3-7-16-8-9(14-15-16)5-6-11(18)13-2/h8H,3-7H2,1-2H3,(H,12,17)(H,13,18). The van der Waals surface area contributed by atoms with Gasteiger partial charge in [-0.2, -0.15) is 0 Å². The third kappa shape index (κ3) is 4.94. The molecule has 18 heavy (non-hydrogen) atoms. The number of nitrogens with one attached hydrogen (secondary N) is 2. The number of rotatable bonds is 7. The number of carbonyl (C=O) groups is 2. The molecule has 0 unspecified atom stereocenters. The van der Waals surface area contributed by atoms with Gasteiger partial charge in [0.25, 0.3) is 0 Å². The van der Waals surface area contributed by atoms with Crippen LogP contribution >= 0.6 is 0 Å². The maximum atomic E-state index is 11.1. The number of aromatic nitrogens is 3. The van der Waals surface area contributed by atoms with Crippen LogP contribution in [-0.2, 0) is 22.6 Å². The molecule has 2 amide bonds. The van der Waals surface area contributed by atoms with E-state index in [-0.39, 0.29) is 11.8 Å². The van der Waals surface area contributed by atoms with Crippen LogP contribution in [0.2, 0.25) is 0 Å². The average Bonchev–Trinajstić information content (AvgIpc) is 2.83. The van der Waals surface area contributed by atoms with Crippen molar-refractivity contribution in [1.29, 1.82) is 0 Å². The quantitative estimate of drug-likeness (QED) is 0.684. The lowest BCUT2D eigenvalue weighted by molar-refractivity contribution is -0.121. The Balaban J connectivity index is 2.30.